The van der Waals surface area contributed by atoms with E-state index >= 15 is 0 Å². The summed E-state index contributed by atoms with van der Waals surface area (Å²) in [6, 6.07) is 30.8. The van der Waals surface area contributed by atoms with E-state index in [1.807, 2.05) is 28.8 Å². The molecule has 1 amide bonds. The van der Waals surface area contributed by atoms with Crippen LogP contribution < -0.4 is 14.2 Å². The zero-order valence-electron chi connectivity index (χ0n) is 31.5. The second-order valence-corrected chi connectivity index (χ2v) is 15.0. The van der Waals surface area contributed by atoms with Crippen molar-refractivity contribution in [3.63, 3.8) is 0 Å². The summed E-state index contributed by atoms with van der Waals surface area (Å²) in [7, 11) is 2.22. The van der Waals surface area contributed by atoms with Gasteiger partial charge in [0.25, 0.3) is 5.91 Å². The van der Waals surface area contributed by atoms with Crippen LogP contribution >= 0.6 is 35.8 Å². The predicted molar refractivity (Wildman–Crippen MR) is 223 cm³/mol. The van der Waals surface area contributed by atoms with Crippen LogP contribution in [0.25, 0.3) is 5.57 Å². The first kappa shape index (κ1) is 43.1. The van der Waals surface area contributed by atoms with Crippen LogP contribution in [0.5, 0.6) is 17.2 Å². The highest BCUT2D eigenvalue weighted by Crippen LogP contribution is 2.47. The van der Waals surface area contributed by atoms with E-state index in [2.05, 4.69) is 71.4 Å². The van der Waals surface area contributed by atoms with E-state index < -0.39 is 11.9 Å². The first-order valence-corrected chi connectivity index (χ1v) is 19.5. The number of carbonyl (C=O) groups is 3. The average Bonchev–Trinajstić information content (AvgIpc) is 3.68. The van der Waals surface area contributed by atoms with Crippen molar-refractivity contribution >= 4 is 59.2 Å². The Hall–Kier alpha value is -4.98. The van der Waals surface area contributed by atoms with Gasteiger partial charge in [-0.15, -0.1) is 12.4 Å². The normalized spacial score (nSPS) is 15.9. The largest absolute Gasteiger partial charge is 0.484 e. The van der Waals surface area contributed by atoms with E-state index in [4.69, 9.17) is 36.0 Å². The van der Waals surface area contributed by atoms with Crippen LogP contribution in [0.15, 0.2) is 119 Å². The molecular weight excluding hydrogens is 789 g/mol. The first-order chi connectivity index (χ1) is 27.1. The standard InChI is InChI=1S/C20H21ClN2O4.C19H19NS.C4H4O4.ClH/c21-16-2-4-17(5-3-16)25-13-20(24)23-9-7-22(8-10-23)12-15-1-6-18-19(11-15)27-14-26-18;1-20-12-10-14(11-13-20)19-15-6-2-4-8-17(15)21-18-9-5-3-7-16(18)19;5-3(6)1-2-4(7)8;/h1-6,11H,7-10,12-14H2;2-9H,10-13H2,1H3;1-2H,(H,5,6)(H,7,8);1H. The summed E-state index contributed by atoms with van der Waals surface area (Å²) in [4.78, 5) is 40.9. The zero-order valence-corrected chi connectivity index (χ0v) is 33.9. The second-order valence-electron chi connectivity index (χ2n) is 13.5. The minimum atomic E-state index is -1.26. The number of hydrogen-bond donors (Lipinski definition) is 2. The van der Waals surface area contributed by atoms with Crippen molar-refractivity contribution in [1.82, 2.24) is 14.7 Å². The molecule has 4 aliphatic rings. The van der Waals surface area contributed by atoms with Crippen LogP contribution in [0, 0.1) is 0 Å². The Morgan fingerprint density at radius 2 is 1.35 bits per heavy atom. The molecule has 0 radical (unpaired) electrons. The number of amides is 1. The summed E-state index contributed by atoms with van der Waals surface area (Å²) in [6.07, 6.45) is 3.50. The topological polar surface area (TPSA) is 129 Å². The number of carboxylic acid groups (broad SMARTS) is 2. The van der Waals surface area contributed by atoms with Crippen LogP contribution in [0.4, 0.5) is 0 Å². The third kappa shape index (κ3) is 12.3. The van der Waals surface area contributed by atoms with Gasteiger partial charge in [0.1, 0.15) is 5.75 Å². The Balaban J connectivity index is 0.000000184. The summed E-state index contributed by atoms with van der Waals surface area (Å²) in [5, 5.41) is 16.3. The fourth-order valence-electron chi connectivity index (χ4n) is 6.67. The number of halogens is 2. The monoisotopic (exact) mass is 833 g/mol. The Morgan fingerprint density at radius 1 is 0.772 bits per heavy atom. The number of benzene rings is 4. The molecular formula is C43H45Cl2N3O8S. The molecule has 57 heavy (non-hydrogen) atoms. The van der Waals surface area contributed by atoms with Gasteiger partial charge in [-0.05, 0) is 90.7 Å². The lowest BCUT2D eigenvalue weighted by atomic mass is 9.88. The van der Waals surface area contributed by atoms with Crippen LogP contribution in [0.2, 0.25) is 5.02 Å². The quantitative estimate of drug-likeness (QED) is 0.157. The van der Waals surface area contributed by atoms with Crippen LogP contribution in [0.1, 0.15) is 29.5 Å². The molecule has 4 aromatic rings. The third-order valence-corrected chi connectivity index (χ3v) is 11.0. The molecule has 0 spiro atoms. The summed E-state index contributed by atoms with van der Waals surface area (Å²) in [5.41, 5.74) is 7.19. The lowest BCUT2D eigenvalue weighted by molar-refractivity contribution is -0.135. The number of fused-ring (bicyclic) bond motifs is 3. The summed E-state index contributed by atoms with van der Waals surface area (Å²) in [5.74, 6) is -0.253. The lowest BCUT2D eigenvalue weighted by Gasteiger charge is -2.34. The molecule has 4 heterocycles. The lowest BCUT2D eigenvalue weighted by Crippen LogP contribution is -2.49. The Labute approximate surface area is 347 Å². The van der Waals surface area contributed by atoms with Crippen LogP contribution in [-0.4, -0.2) is 102 Å². The molecule has 0 bridgehead atoms. The number of rotatable bonds is 7. The number of nitrogens with zero attached hydrogens (tertiary/aromatic N) is 3. The molecule has 2 saturated heterocycles. The van der Waals surface area contributed by atoms with E-state index in [1.54, 1.807) is 29.8 Å². The van der Waals surface area contributed by atoms with Gasteiger partial charge in [0, 0.05) is 72.8 Å². The molecule has 14 heteroatoms. The predicted octanol–water partition coefficient (Wildman–Crippen LogP) is 7.60. The summed E-state index contributed by atoms with van der Waals surface area (Å²) >= 11 is 7.75. The maximum Gasteiger partial charge on any atom is 0.328 e. The fourth-order valence-corrected chi connectivity index (χ4v) is 7.89. The zero-order chi connectivity index (χ0) is 39.4. The summed E-state index contributed by atoms with van der Waals surface area (Å²) < 4.78 is 16.3. The minimum absolute atomic E-state index is 0. The highest BCUT2D eigenvalue weighted by Gasteiger charge is 2.25. The number of aliphatic carboxylic acids is 2. The van der Waals surface area contributed by atoms with Crippen molar-refractivity contribution in [2.75, 3.05) is 59.7 Å². The first-order valence-electron chi connectivity index (χ1n) is 18.3. The number of carboxylic acids is 2. The van der Waals surface area contributed by atoms with E-state index in [0.29, 0.717) is 36.0 Å². The van der Waals surface area contributed by atoms with Gasteiger partial charge >= 0.3 is 11.9 Å². The van der Waals surface area contributed by atoms with Gasteiger partial charge in [0.05, 0.1) is 0 Å². The molecule has 0 aromatic heterocycles. The Bertz CT molecular complexity index is 2010. The smallest absolute Gasteiger partial charge is 0.328 e. The minimum Gasteiger partial charge on any atom is -0.484 e. The average molecular weight is 835 g/mol. The van der Waals surface area contributed by atoms with Crippen molar-refractivity contribution < 1.29 is 38.8 Å². The van der Waals surface area contributed by atoms with Gasteiger partial charge in [-0.1, -0.05) is 71.4 Å². The highest BCUT2D eigenvalue weighted by molar-refractivity contribution is 7.99. The fraction of sp³-hybridized carbons (Fsp3) is 0.279. The number of carbonyl (C=O) groups excluding carboxylic acids is 1. The molecule has 11 nitrogen and oxygen atoms in total. The molecule has 4 aliphatic heterocycles. The third-order valence-electron chi connectivity index (χ3n) is 9.59. The number of piperidine rings is 1. The van der Waals surface area contributed by atoms with Crippen molar-refractivity contribution in [3.05, 3.63) is 130 Å². The van der Waals surface area contributed by atoms with Gasteiger partial charge in [-0.2, -0.15) is 0 Å². The maximum atomic E-state index is 12.4. The molecule has 0 unspecified atom stereocenters. The Morgan fingerprint density at radius 3 is 1.95 bits per heavy atom. The number of likely N-dealkylation sites (tertiary alicyclic amines) is 1. The van der Waals surface area contributed by atoms with E-state index in [9.17, 15) is 14.4 Å². The van der Waals surface area contributed by atoms with Gasteiger partial charge < -0.3 is 34.2 Å². The number of hydrogen-bond acceptors (Lipinski definition) is 9. The number of ether oxygens (including phenoxy) is 3. The molecule has 300 valence electrons. The SMILES string of the molecule is CN1CCC(=C2c3ccccc3Sc3ccccc32)CC1.Cl.O=C(COc1ccc(Cl)cc1)N1CCN(Cc2ccc3c(c2)OCO3)CC1.O=C(O)C=CC(=O)O. The molecule has 8 rings (SSSR count). The van der Waals surface area contributed by atoms with Crippen molar-refractivity contribution in [3.8, 4) is 17.2 Å². The molecule has 0 atom stereocenters. The molecule has 0 aliphatic carbocycles. The highest BCUT2D eigenvalue weighted by atomic mass is 35.5. The summed E-state index contributed by atoms with van der Waals surface area (Å²) in [6.45, 7) is 6.59. The van der Waals surface area contributed by atoms with Gasteiger partial charge in [-0.3, -0.25) is 9.69 Å². The second kappa shape index (κ2) is 21.0. The van der Waals surface area contributed by atoms with Gasteiger partial charge in [0.15, 0.2) is 18.1 Å². The molecule has 2 N–H and O–H groups in total. The van der Waals surface area contributed by atoms with Crippen molar-refractivity contribution in [2.24, 2.45) is 0 Å². The van der Waals surface area contributed by atoms with Gasteiger partial charge in [-0.25, -0.2) is 9.59 Å². The van der Waals surface area contributed by atoms with Crippen LogP contribution in [-0.2, 0) is 20.9 Å². The van der Waals surface area contributed by atoms with E-state index in [1.165, 1.54) is 58.0 Å². The van der Waals surface area contributed by atoms with E-state index in [0.717, 1.165) is 31.1 Å². The van der Waals surface area contributed by atoms with Gasteiger partial charge in [0.2, 0.25) is 6.79 Å². The Kier molecular flexibility index (Phi) is 15.9. The molecule has 0 saturated carbocycles. The van der Waals surface area contributed by atoms with Crippen molar-refractivity contribution in [1.29, 1.82) is 0 Å². The van der Waals surface area contributed by atoms with Crippen molar-refractivity contribution in [2.45, 2.75) is 29.2 Å². The molecule has 4 aromatic carbocycles. The van der Waals surface area contributed by atoms with Crippen LogP contribution in [0.3, 0.4) is 0 Å². The number of piperazine rings is 1. The molecule has 2 fully saturated rings. The maximum absolute atomic E-state index is 12.4. The van der Waals surface area contributed by atoms with E-state index in [-0.39, 0.29) is 31.7 Å².